The van der Waals surface area contributed by atoms with Crippen LogP contribution in [0.3, 0.4) is 0 Å². The van der Waals surface area contributed by atoms with E-state index in [1.807, 2.05) is 0 Å². The van der Waals surface area contributed by atoms with E-state index < -0.39 is 6.16 Å². The van der Waals surface area contributed by atoms with Crippen molar-refractivity contribution in [1.29, 1.82) is 0 Å². The van der Waals surface area contributed by atoms with Crippen LogP contribution in [0.5, 0.6) is 5.95 Å². The number of ether oxygens (including phenoxy) is 1. The molecule has 0 aromatic carbocycles. The zero-order valence-electron chi connectivity index (χ0n) is 9.61. The van der Waals surface area contributed by atoms with Crippen molar-refractivity contribution in [2.75, 3.05) is 0 Å². The molecule has 0 aliphatic rings. The first-order chi connectivity index (χ1) is 4.29. The van der Waals surface area contributed by atoms with Gasteiger partial charge in [-0.1, -0.05) is 0 Å². The minimum absolute atomic E-state index is 0. The third kappa shape index (κ3) is 7.42. The Kier molecular flexibility index (Phi) is 15.2. The monoisotopic (exact) mass is 212 g/mol. The molecular formula is C5H9CaNaO5. The SMILES string of the molecule is O.O=C(O)Oc1ccco1.[Ca+2].[H-].[H-].[H-].[Na+]. The van der Waals surface area contributed by atoms with E-state index in [1.54, 1.807) is 0 Å². The summed E-state index contributed by atoms with van der Waals surface area (Å²) in [6.07, 6.45) is -0.0388. The van der Waals surface area contributed by atoms with Crippen molar-refractivity contribution in [2.45, 2.75) is 0 Å². The summed E-state index contributed by atoms with van der Waals surface area (Å²) < 4.78 is 8.65. The standard InChI is InChI=1S/C5H4O4.Ca.Na.H2O.3H/c6-5(7)9-4-2-1-3-8-4;;;;;;/h1-3H,(H,6,7);;;1H2;;;/q;+2;+1;;3*-1. The van der Waals surface area contributed by atoms with Gasteiger partial charge >= 0.3 is 73.5 Å². The Labute approximate surface area is 125 Å². The molecule has 1 heterocycles. The third-order valence-electron chi connectivity index (χ3n) is 0.683. The molecule has 0 fully saturated rings. The number of rotatable bonds is 1. The summed E-state index contributed by atoms with van der Waals surface area (Å²) in [5, 5.41) is 8.00. The first-order valence-electron chi connectivity index (χ1n) is 2.23. The average molecular weight is 212 g/mol. The van der Waals surface area contributed by atoms with Crippen molar-refractivity contribution < 1.29 is 58.4 Å². The maximum atomic E-state index is 9.78. The molecular weight excluding hydrogens is 203 g/mol. The van der Waals surface area contributed by atoms with Crippen molar-refractivity contribution in [3.63, 3.8) is 0 Å². The minimum Gasteiger partial charge on any atom is -1.00 e. The van der Waals surface area contributed by atoms with E-state index in [1.165, 1.54) is 18.4 Å². The number of carboxylic acid groups (broad SMARTS) is 1. The van der Waals surface area contributed by atoms with Gasteiger partial charge in [-0.25, -0.2) is 4.79 Å². The van der Waals surface area contributed by atoms with Crippen molar-refractivity contribution in [2.24, 2.45) is 0 Å². The first-order valence-corrected chi connectivity index (χ1v) is 2.23. The summed E-state index contributed by atoms with van der Waals surface area (Å²) in [6.45, 7) is 0. The van der Waals surface area contributed by atoms with E-state index in [0.29, 0.717) is 0 Å². The Morgan fingerprint density at radius 3 is 2.58 bits per heavy atom. The fourth-order valence-corrected chi connectivity index (χ4v) is 0.408. The molecule has 0 saturated carbocycles. The topological polar surface area (TPSA) is 91.2 Å². The normalized spacial score (nSPS) is 6.67. The zero-order chi connectivity index (χ0) is 6.69. The molecule has 0 aliphatic heterocycles. The molecule has 1 aromatic rings. The summed E-state index contributed by atoms with van der Waals surface area (Å²) in [5.74, 6) is -0.0116. The van der Waals surface area contributed by atoms with Crippen molar-refractivity contribution in [3.8, 4) is 5.95 Å². The van der Waals surface area contributed by atoms with E-state index >= 15 is 0 Å². The zero-order valence-corrected chi connectivity index (χ0v) is 10.8. The second-order valence-corrected chi connectivity index (χ2v) is 1.30. The van der Waals surface area contributed by atoms with Crippen LogP contribution in [0.2, 0.25) is 0 Å². The minimum atomic E-state index is -1.37. The summed E-state index contributed by atoms with van der Waals surface area (Å²) in [5.41, 5.74) is 0. The summed E-state index contributed by atoms with van der Waals surface area (Å²) >= 11 is 0. The van der Waals surface area contributed by atoms with Crippen LogP contribution in [-0.4, -0.2) is 54.5 Å². The van der Waals surface area contributed by atoms with Crippen LogP contribution in [0.1, 0.15) is 4.28 Å². The molecule has 1 rings (SSSR count). The van der Waals surface area contributed by atoms with Gasteiger partial charge in [0.25, 0.3) is 5.95 Å². The smallest absolute Gasteiger partial charge is 1.00 e. The van der Waals surface area contributed by atoms with Crippen molar-refractivity contribution in [1.82, 2.24) is 0 Å². The van der Waals surface area contributed by atoms with Gasteiger partial charge in [0.1, 0.15) is 0 Å². The third-order valence-corrected chi connectivity index (χ3v) is 0.683. The molecule has 0 atom stereocenters. The Morgan fingerprint density at radius 2 is 2.25 bits per heavy atom. The van der Waals surface area contributed by atoms with E-state index in [-0.39, 0.29) is 83.0 Å². The molecule has 1 aromatic heterocycles. The van der Waals surface area contributed by atoms with E-state index in [0.717, 1.165) is 0 Å². The first kappa shape index (κ1) is 18.5. The van der Waals surface area contributed by atoms with E-state index in [4.69, 9.17) is 5.11 Å². The fourth-order valence-electron chi connectivity index (χ4n) is 0.408. The predicted molar refractivity (Wildman–Crippen MR) is 40.1 cm³/mol. The van der Waals surface area contributed by atoms with Crippen molar-refractivity contribution in [3.05, 3.63) is 18.4 Å². The molecule has 62 valence electrons. The van der Waals surface area contributed by atoms with Crippen LogP contribution in [0.25, 0.3) is 0 Å². The molecule has 5 nitrogen and oxygen atoms in total. The largest absolute Gasteiger partial charge is 2.00 e. The van der Waals surface area contributed by atoms with Crippen molar-refractivity contribution >= 4 is 43.9 Å². The van der Waals surface area contributed by atoms with Crippen LogP contribution >= 0.6 is 0 Å². The predicted octanol–water partition coefficient (Wildman–Crippen LogP) is -2.53. The van der Waals surface area contributed by atoms with Crippen LogP contribution < -0.4 is 34.3 Å². The molecule has 0 saturated heterocycles. The van der Waals surface area contributed by atoms with Gasteiger partial charge in [-0.15, -0.1) is 0 Å². The molecule has 0 spiro atoms. The van der Waals surface area contributed by atoms with E-state index in [9.17, 15) is 4.79 Å². The Morgan fingerprint density at radius 1 is 1.67 bits per heavy atom. The van der Waals surface area contributed by atoms with Gasteiger partial charge in [0.15, 0.2) is 0 Å². The Balaban J connectivity index is -0.0000000337. The molecule has 12 heavy (non-hydrogen) atoms. The Hall–Kier alpha value is 0.770. The second-order valence-electron chi connectivity index (χ2n) is 1.30. The molecule has 0 amide bonds. The molecule has 0 aliphatic carbocycles. The number of hydrogen-bond acceptors (Lipinski definition) is 3. The maximum absolute atomic E-state index is 9.78. The van der Waals surface area contributed by atoms with Crippen LogP contribution in [0.15, 0.2) is 22.8 Å². The number of furan rings is 1. The molecule has 0 unspecified atom stereocenters. The molecule has 3 N–H and O–H groups in total. The molecule has 7 heteroatoms. The van der Waals surface area contributed by atoms with Crippen LogP contribution in [0, 0.1) is 0 Å². The van der Waals surface area contributed by atoms with Gasteiger partial charge in [-0.3, -0.25) is 0 Å². The second kappa shape index (κ2) is 9.85. The average Bonchev–Trinajstić information content (AvgIpc) is 2.15. The van der Waals surface area contributed by atoms with Gasteiger partial charge in [0.2, 0.25) is 0 Å². The number of carbonyl (C=O) groups is 1. The molecule has 0 radical (unpaired) electrons. The Bertz CT molecular complexity index is 210. The molecule has 0 bridgehead atoms. The van der Waals surface area contributed by atoms with Gasteiger partial charge < -0.3 is 24.0 Å². The van der Waals surface area contributed by atoms with Gasteiger partial charge in [-0.2, -0.15) is 0 Å². The van der Waals surface area contributed by atoms with Gasteiger partial charge in [-0.05, 0) is 6.07 Å². The van der Waals surface area contributed by atoms with Gasteiger partial charge in [0.05, 0.1) is 6.26 Å². The summed E-state index contributed by atoms with van der Waals surface area (Å²) in [6, 6.07) is 2.95. The summed E-state index contributed by atoms with van der Waals surface area (Å²) in [7, 11) is 0. The maximum Gasteiger partial charge on any atom is 2.00 e. The van der Waals surface area contributed by atoms with E-state index in [2.05, 4.69) is 9.15 Å². The fraction of sp³-hybridized carbons (Fsp3) is 0. The van der Waals surface area contributed by atoms with Crippen LogP contribution in [0.4, 0.5) is 4.79 Å². The number of hydrogen-bond donors (Lipinski definition) is 1. The summed E-state index contributed by atoms with van der Waals surface area (Å²) in [4.78, 5) is 9.78. The van der Waals surface area contributed by atoms with Crippen LogP contribution in [-0.2, 0) is 0 Å². The quantitative estimate of drug-likeness (QED) is 0.410. The van der Waals surface area contributed by atoms with Gasteiger partial charge in [0, 0.05) is 6.07 Å².